The number of amides is 1. The summed E-state index contributed by atoms with van der Waals surface area (Å²) in [6.45, 7) is 4.12. The van der Waals surface area contributed by atoms with Crippen molar-refractivity contribution in [2.45, 2.75) is 19.8 Å². The summed E-state index contributed by atoms with van der Waals surface area (Å²) in [6.07, 6.45) is 3.44. The molecular formula is C27H26FN5O4S2. The van der Waals surface area contributed by atoms with Crippen molar-refractivity contribution in [3.05, 3.63) is 74.8 Å². The molecule has 2 aromatic heterocycles. The van der Waals surface area contributed by atoms with E-state index in [4.69, 9.17) is 22.3 Å². The van der Waals surface area contributed by atoms with Crippen LogP contribution in [0.2, 0.25) is 0 Å². The van der Waals surface area contributed by atoms with E-state index < -0.39 is 5.97 Å². The molecule has 2 saturated heterocycles. The van der Waals surface area contributed by atoms with Gasteiger partial charge in [0.05, 0.1) is 16.2 Å². The number of pyridine rings is 1. The molecule has 0 unspecified atom stereocenters. The number of carbonyl (C=O) groups is 2. The first-order valence-corrected chi connectivity index (χ1v) is 13.7. The standard InChI is InChI=1S/C27H26FN5O4S2/c1-17-8-9-22-29-24(31-13-11-30(12-14-31)20-6-3-2-5-19(20)28)18(25(36)33(22)16-17)15-21-26(37)32(27(38)39-21)10-4-7-23(34)35/h2-3,5-6,8-9,15-16H,4,7,10-14H2,1H3,(H,34,35)/b21-15+. The molecule has 1 N–H and O–H groups in total. The number of aliphatic carboxylic acids is 1. The summed E-state index contributed by atoms with van der Waals surface area (Å²) < 4.78 is 16.2. The molecule has 0 bridgehead atoms. The average molecular weight is 568 g/mol. The van der Waals surface area contributed by atoms with Crippen LogP contribution >= 0.6 is 24.0 Å². The van der Waals surface area contributed by atoms with Crippen LogP contribution in [-0.2, 0) is 9.59 Å². The number of aryl methyl sites for hydroxylation is 1. The zero-order chi connectivity index (χ0) is 27.7. The maximum absolute atomic E-state index is 14.4. The van der Waals surface area contributed by atoms with Gasteiger partial charge in [0.2, 0.25) is 0 Å². The van der Waals surface area contributed by atoms with Crippen molar-refractivity contribution in [1.29, 1.82) is 0 Å². The minimum Gasteiger partial charge on any atom is -0.481 e. The SMILES string of the molecule is Cc1ccc2nc(N3CCN(c4ccccc4F)CC3)c(/C=C3/SC(=S)N(CCCC(=O)O)C3=O)c(=O)n2c1. The van der Waals surface area contributed by atoms with Crippen LogP contribution in [0.15, 0.2) is 52.3 Å². The maximum atomic E-state index is 14.4. The molecule has 39 heavy (non-hydrogen) atoms. The number of nitrogens with zero attached hydrogens (tertiary/aromatic N) is 5. The first-order chi connectivity index (χ1) is 18.7. The van der Waals surface area contributed by atoms with Gasteiger partial charge in [-0.05, 0) is 43.2 Å². The van der Waals surface area contributed by atoms with Crippen LogP contribution in [0.5, 0.6) is 0 Å². The molecule has 2 aliphatic heterocycles. The lowest BCUT2D eigenvalue weighted by Crippen LogP contribution is -2.47. The summed E-state index contributed by atoms with van der Waals surface area (Å²) in [5.74, 6) is -1.14. The van der Waals surface area contributed by atoms with Crippen molar-refractivity contribution in [1.82, 2.24) is 14.3 Å². The van der Waals surface area contributed by atoms with E-state index in [1.165, 1.54) is 15.4 Å². The topological polar surface area (TPSA) is 98.5 Å². The first kappa shape index (κ1) is 26.8. The third kappa shape index (κ3) is 5.52. The average Bonchev–Trinajstić information content (AvgIpc) is 3.18. The van der Waals surface area contributed by atoms with E-state index in [1.807, 2.05) is 22.8 Å². The van der Waals surface area contributed by atoms with E-state index >= 15 is 0 Å². The third-order valence-corrected chi connectivity index (χ3v) is 8.06. The Balaban J connectivity index is 1.49. The van der Waals surface area contributed by atoms with Crippen LogP contribution in [0.1, 0.15) is 24.0 Å². The van der Waals surface area contributed by atoms with Crippen molar-refractivity contribution in [2.75, 3.05) is 42.5 Å². The number of carboxylic acid groups (broad SMARTS) is 1. The smallest absolute Gasteiger partial charge is 0.303 e. The Labute approximate surface area is 233 Å². The second kappa shape index (κ2) is 11.1. The van der Waals surface area contributed by atoms with Gasteiger partial charge in [0.1, 0.15) is 21.6 Å². The predicted molar refractivity (Wildman–Crippen MR) is 154 cm³/mol. The summed E-state index contributed by atoms with van der Waals surface area (Å²) in [5.41, 5.74) is 1.85. The van der Waals surface area contributed by atoms with Gasteiger partial charge in [0.15, 0.2) is 0 Å². The van der Waals surface area contributed by atoms with E-state index in [2.05, 4.69) is 0 Å². The molecule has 9 nitrogen and oxygen atoms in total. The van der Waals surface area contributed by atoms with Gasteiger partial charge in [-0.2, -0.15) is 0 Å². The van der Waals surface area contributed by atoms with Crippen molar-refractivity contribution >= 4 is 63.4 Å². The second-order valence-corrected chi connectivity index (χ2v) is 11.0. The fraction of sp³-hybridized carbons (Fsp3) is 0.296. The molecule has 12 heteroatoms. The van der Waals surface area contributed by atoms with Gasteiger partial charge < -0.3 is 14.9 Å². The summed E-state index contributed by atoms with van der Waals surface area (Å²) in [4.78, 5) is 48.2. The van der Waals surface area contributed by atoms with Gasteiger partial charge in [-0.1, -0.05) is 42.2 Å². The number of anilines is 2. The Hall–Kier alpha value is -3.77. The van der Waals surface area contributed by atoms with Crippen molar-refractivity contribution in [3.8, 4) is 0 Å². The van der Waals surface area contributed by atoms with E-state index in [1.54, 1.807) is 36.5 Å². The molecule has 2 aliphatic rings. The quantitative estimate of drug-likeness (QED) is 0.340. The minimum atomic E-state index is -0.943. The number of aromatic nitrogens is 2. The molecule has 0 radical (unpaired) electrons. The number of carboxylic acids is 1. The molecule has 1 amide bonds. The normalized spacial score (nSPS) is 17.1. The molecule has 202 valence electrons. The summed E-state index contributed by atoms with van der Waals surface area (Å²) in [6, 6.07) is 10.3. The Bertz CT molecular complexity index is 1570. The molecule has 0 atom stereocenters. The lowest BCUT2D eigenvalue weighted by Gasteiger charge is -2.37. The number of hydrogen-bond acceptors (Lipinski definition) is 8. The highest BCUT2D eigenvalue weighted by Crippen LogP contribution is 2.34. The number of para-hydroxylation sites is 1. The number of hydrogen-bond donors (Lipinski definition) is 1. The van der Waals surface area contributed by atoms with Crippen molar-refractivity contribution in [2.24, 2.45) is 0 Å². The number of piperazine rings is 1. The molecule has 5 rings (SSSR count). The molecule has 0 saturated carbocycles. The largest absolute Gasteiger partial charge is 0.481 e. The fourth-order valence-electron chi connectivity index (χ4n) is 4.69. The van der Waals surface area contributed by atoms with Crippen LogP contribution in [0.3, 0.4) is 0 Å². The number of fused-ring (bicyclic) bond motifs is 1. The van der Waals surface area contributed by atoms with E-state index in [-0.39, 0.29) is 47.1 Å². The third-order valence-electron chi connectivity index (χ3n) is 6.68. The summed E-state index contributed by atoms with van der Waals surface area (Å²) in [5, 5.41) is 8.93. The lowest BCUT2D eigenvalue weighted by molar-refractivity contribution is -0.137. The zero-order valence-corrected chi connectivity index (χ0v) is 22.8. The summed E-state index contributed by atoms with van der Waals surface area (Å²) >= 11 is 6.46. The molecule has 3 aromatic rings. The monoisotopic (exact) mass is 567 g/mol. The second-order valence-electron chi connectivity index (χ2n) is 9.35. The molecule has 0 spiro atoms. The van der Waals surface area contributed by atoms with Gasteiger partial charge in [-0.15, -0.1) is 0 Å². The van der Waals surface area contributed by atoms with E-state index in [0.29, 0.717) is 47.7 Å². The van der Waals surface area contributed by atoms with Gasteiger partial charge >= 0.3 is 5.97 Å². The minimum absolute atomic E-state index is 0.0750. The summed E-state index contributed by atoms with van der Waals surface area (Å²) in [7, 11) is 0. The molecule has 4 heterocycles. The fourth-order valence-corrected chi connectivity index (χ4v) is 5.98. The number of carbonyl (C=O) groups excluding carboxylic acids is 1. The number of halogens is 1. The number of rotatable bonds is 7. The van der Waals surface area contributed by atoms with E-state index in [0.717, 1.165) is 17.3 Å². The Morgan fingerprint density at radius 3 is 2.56 bits per heavy atom. The van der Waals surface area contributed by atoms with Crippen LogP contribution in [0.4, 0.5) is 15.9 Å². The molecule has 2 fully saturated rings. The zero-order valence-electron chi connectivity index (χ0n) is 21.2. The molecule has 0 aliphatic carbocycles. The van der Waals surface area contributed by atoms with Crippen molar-refractivity contribution in [3.63, 3.8) is 0 Å². The van der Waals surface area contributed by atoms with Crippen LogP contribution in [-0.4, -0.2) is 68.3 Å². The molecule has 1 aromatic carbocycles. The van der Waals surface area contributed by atoms with Crippen LogP contribution < -0.4 is 15.4 Å². The molecular weight excluding hydrogens is 541 g/mol. The first-order valence-electron chi connectivity index (χ1n) is 12.5. The Kier molecular flexibility index (Phi) is 7.67. The number of thioether (sulfide) groups is 1. The number of benzene rings is 1. The Morgan fingerprint density at radius 2 is 1.85 bits per heavy atom. The lowest BCUT2D eigenvalue weighted by atomic mass is 10.2. The highest BCUT2D eigenvalue weighted by atomic mass is 32.2. The highest BCUT2D eigenvalue weighted by molar-refractivity contribution is 8.26. The van der Waals surface area contributed by atoms with E-state index in [9.17, 15) is 18.8 Å². The Morgan fingerprint density at radius 1 is 1.13 bits per heavy atom. The van der Waals surface area contributed by atoms with Crippen LogP contribution in [0.25, 0.3) is 11.7 Å². The highest BCUT2D eigenvalue weighted by Gasteiger charge is 2.33. The maximum Gasteiger partial charge on any atom is 0.303 e. The van der Waals surface area contributed by atoms with Gasteiger partial charge in [-0.3, -0.25) is 23.7 Å². The predicted octanol–water partition coefficient (Wildman–Crippen LogP) is 3.53. The van der Waals surface area contributed by atoms with Crippen molar-refractivity contribution < 1.29 is 19.1 Å². The van der Waals surface area contributed by atoms with Crippen LogP contribution in [0, 0.1) is 12.7 Å². The van der Waals surface area contributed by atoms with Gasteiger partial charge in [-0.25, -0.2) is 9.37 Å². The number of thiocarbonyl (C=S) groups is 1. The van der Waals surface area contributed by atoms with Gasteiger partial charge in [0.25, 0.3) is 11.5 Å². The van der Waals surface area contributed by atoms with Gasteiger partial charge in [0, 0.05) is 45.3 Å².